The van der Waals surface area contributed by atoms with Crippen molar-refractivity contribution in [1.82, 2.24) is 5.32 Å². The first-order valence-corrected chi connectivity index (χ1v) is 10.0. The third-order valence-electron chi connectivity index (χ3n) is 4.55. The molecule has 0 amide bonds. The van der Waals surface area contributed by atoms with E-state index in [-0.39, 0.29) is 5.25 Å². The summed E-state index contributed by atoms with van der Waals surface area (Å²) < 4.78 is 23.5. The van der Waals surface area contributed by atoms with Crippen LogP contribution in [0.1, 0.15) is 38.5 Å². The maximum atomic E-state index is 11.8. The first kappa shape index (κ1) is 13.7. The van der Waals surface area contributed by atoms with Crippen LogP contribution >= 0.6 is 11.8 Å². The van der Waals surface area contributed by atoms with Crippen LogP contribution in [0.5, 0.6) is 0 Å². The van der Waals surface area contributed by atoms with E-state index in [1.807, 2.05) is 0 Å². The number of aliphatic imine (C=N–C) groups is 1. The Morgan fingerprint density at radius 2 is 2.05 bits per heavy atom. The summed E-state index contributed by atoms with van der Waals surface area (Å²) in [6.45, 7) is 0.453. The number of hydrogen-bond donors (Lipinski definition) is 1. The Labute approximate surface area is 119 Å². The number of sulfone groups is 1. The van der Waals surface area contributed by atoms with Crippen LogP contribution in [-0.4, -0.2) is 42.9 Å². The molecular weight excluding hydrogens is 280 g/mol. The molecule has 1 aliphatic carbocycles. The molecule has 3 aliphatic rings. The van der Waals surface area contributed by atoms with E-state index in [4.69, 9.17) is 0 Å². The molecule has 0 aromatic rings. The lowest BCUT2D eigenvalue weighted by Gasteiger charge is -2.36. The molecule has 0 aromatic carbocycles. The second-order valence-electron chi connectivity index (χ2n) is 5.88. The zero-order valence-electron chi connectivity index (χ0n) is 11.2. The Morgan fingerprint density at radius 1 is 1.21 bits per heavy atom. The maximum Gasteiger partial charge on any atom is 0.156 e. The van der Waals surface area contributed by atoms with E-state index in [1.165, 1.54) is 25.7 Å². The fraction of sp³-hybridized carbons (Fsp3) is 0.923. The van der Waals surface area contributed by atoms with Crippen LogP contribution in [-0.2, 0) is 9.84 Å². The quantitative estimate of drug-likeness (QED) is 0.845. The van der Waals surface area contributed by atoms with Crippen LogP contribution in [0.3, 0.4) is 0 Å². The van der Waals surface area contributed by atoms with Gasteiger partial charge in [-0.3, -0.25) is 4.99 Å². The molecule has 4 nitrogen and oxygen atoms in total. The van der Waals surface area contributed by atoms with E-state index in [9.17, 15) is 8.42 Å². The Balaban J connectivity index is 1.59. The molecule has 1 N–H and O–H groups in total. The maximum absolute atomic E-state index is 11.8. The minimum Gasteiger partial charge on any atom is -0.362 e. The highest BCUT2D eigenvalue weighted by atomic mass is 32.2. The fourth-order valence-electron chi connectivity index (χ4n) is 3.32. The Hall–Kier alpha value is -0.230. The highest BCUT2D eigenvalue weighted by molar-refractivity contribution is 8.13. The third kappa shape index (κ3) is 3.10. The molecule has 2 aliphatic heterocycles. The number of hydrogen-bond acceptors (Lipinski definition) is 4. The Kier molecular flexibility index (Phi) is 4.08. The Morgan fingerprint density at radius 3 is 2.84 bits per heavy atom. The lowest BCUT2D eigenvalue weighted by atomic mass is 9.86. The normalized spacial score (nSPS) is 39.8. The second-order valence-corrected chi connectivity index (χ2v) is 9.29. The summed E-state index contributed by atoms with van der Waals surface area (Å²) in [5.41, 5.74) is 0. The predicted molar refractivity (Wildman–Crippen MR) is 80.5 cm³/mol. The highest BCUT2D eigenvalue weighted by Crippen LogP contribution is 2.31. The first-order valence-electron chi connectivity index (χ1n) is 7.30. The molecule has 3 rings (SSSR count). The number of thioether (sulfide) groups is 1. The Bertz CT molecular complexity index is 461. The van der Waals surface area contributed by atoms with Gasteiger partial charge in [-0.2, -0.15) is 0 Å². The van der Waals surface area contributed by atoms with Crippen molar-refractivity contribution in [1.29, 1.82) is 0 Å². The van der Waals surface area contributed by atoms with Crippen molar-refractivity contribution in [2.75, 3.05) is 18.1 Å². The molecular formula is C13H22N2O2S2. The van der Waals surface area contributed by atoms with Gasteiger partial charge in [-0.15, -0.1) is 0 Å². The molecule has 3 unspecified atom stereocenters. The monoisotopic (exact) mass is 302 g/mol. The molecule has 2 heterocycles. The van der Waals surface area contributed by atoms with Crippen LogP contribution in [0.4, 0.5) is 0 Å². The summed E-state index contributed by atoms with van der Waals surface area (Å²) in [4.78, 5) is 4.54. The molecule has 0 bridgehead atoms. The SMILES string of the molecule is O=S1(=O)CCCC1CN=C1NC2CCCCC2CS1. The van der Waals surface area contributed by atoms with E-state index >= 15 is 0 Å². The van der Waals surface area contributed by atoms with E-state index < -0.39 is 9.84 Å². The number of nitrogens with one attached hydrogen (secondary N) is 1. The van der Waals surface area contributed by atoms with Gasteiger partial charge in [0.05, 0.1) is 17.5 Å². The second kappa shape index (κ2) is 5.64. The molecule has 6 heteroatoms. The summed E-state index contributed by atoms with van der Waals surface area (Å²) >= 11 is 1.78. The lowest BCUT2D eigenvalue weighted by Crippen LogP contribution is -2.46. The molecule has 19 heavy (non-hydrogen) atoms. The van der Waals surface area contributed by atoms with Crippen molar-refractivity contribution in [2.24, 2.45) is 10.9 Å². The predicted octanol–water partition coefficient (Wildman–Crippen LogP) is 1.81. The standard InChI is InChI=1S/C13H22N2O2S2/c16-19(17)7-3-5-11(19)8-14-13-15-12-6-2-1-4-10(12)9-18-13/h10-12H,1-9H2,(H,14,15). The molecule has 3 atom stereocenters. The zero-order chi connectivity index (χ0) is 13.3. The van der Waals surface area contributed by atoms with Gasteiger partial charge in [0.1, 0.15) is 0 Å². The molecule has 0 radical (unpaired) electrons. The summed E-state index contributed by atoms with van der Waals surface area (Å²) in [6.07, 6.45) is 6.83. The van der Waals surface area contributed by atoms with Gasteiger partial charge in [0, 0.05) is 11.8 Å². The highest BCUT2D eigenvalue weighted by Gasteiger charge is 2.33. The van der Waals surface area contributed by atoms with E-state index in [2.05, 4.69) is 10.3 Å². The fourth-order valence-corrected chi connectivity index (χ4v) is 6.22. The number of rotatable bonds is 2. The zero-order valence-corrected chi connectivity index (χ0v) is 12.8. The van der Waals surface area contributed by atoms with Crippen molar-refractivity contribution >= 4 is 26.8 Å². The van der Waals surface area contributed by atoms with Crippen molar-refractivity contribution < 1.29 is 8.42 Å². The van der Waals surface area contributed by atoms with Gasteiger partial charge in [-0.25, -0.2) is 8.42 Å². The average molecular weight is 302 g/mol. The summed E-state index contributed by atoms with van der Waals surface area (Å²) in [5, 5.41) is 4.27. The number of fused-ring (bicyclic) bond motifs is 1. The van der Waals surface area contributed by atoms with Crippen LogP contribution in [0.15, 0.2) is 4.99 Å². The van der Waals surface area contributed by atoms with Gasteiger partial charge in [-0.1, -0.05) is 24.6 Å². The van der Waals surface area contributed by atoms with Gasteiger partial charge in [0.25, 0.3) is 0 Å². The summed E-state index contributed by atoms with van der Waals surface area (Å²) in [5.74, 6) is 2.29. The van der Waals surface area contributed by atoms with E-state index in [1.54, 1.807) is 11.8 Å². The van der Waals surface area contributed by atoms with Gasteiger partial charge < -0.3 is 5.32 Å². The average Bonchev–Trinajstić information content (AvgIpc) is 2.75. The number of nitrogens with zero attached hydrogens (tertiary/aromatic N) is 1. The summed E-state index contributed by atoms with van der Waals surface area (Å²) in [6, 6.07) is 0.578. The third-order valence-corrected chi connectivity index (χ3v) is 7.93. The van der Waals surface area contributed by atoms with Crippen molar-refractivity contribution in [3.05, 3.63) is 0 Å². The molecule has 0 spiro atoms. The van der Waals surface area contributed by atoms with Crippen molar-refractivity contribution in [3.63, 3.8) is 0 Å². The lowest BCUT2D eigenvalue weighted by molar-refractivity contribution is 0.311. The van der Waals surface area contributed by atoms with Crippen LogP contribution in [0.2, 0.25) is 0 Å². The van der Waals surface area contributed by atoms with Gasteiger partial charge in [-0.05, 0) is 31.6 Å². The molecule has 3 fully saturated rings. The molecule has 108 valence electrons. The minimum absolute atomic E-state index is 0.230. The molecule has 2 saturated heterocycles. The van der Waals surface area contributed by atoms with Gasteiger partial charge in [0.2, 0.25) is 0 Å². The smallest absolute Gasteiger partial charge is 0.156 e. The molecule has 1 saturated carbocycles. The van der Waals surface area contributed by atoms with Crippen LogP contribution in [0, 0.1) is 5.92 Å². The van der Waals surface area contributed by atoms with Gasteiger partial charge >= 0.3 is 0 Å². The topological polar surface area (TPSA) is 58.5 Å². The first-order chi connectivity index (χ1) is 9.15. The van der Waals surface area contributed by atoms with Gasteiger partial charge in [0.15, 0.2) is 15.0 Å². The van der Waals surface area contributed by atoms with Crippen LogP contribution < -0.4 is 5.32 Å². The molecule has 0 aromatic heterocycles. The minimum atomic E-state index is -2.86. The van der Waals surface area contributed by atoms with Crippen molar-refractivity contribution in [3.8, 4) is 0 Å². The van der Waals surface area contributed by atoms with Crippen LogP contribution in [0.25, 0.3) is 0 Å². The van der Waals surface area contributed by atoms with E-state index in [0.29, 0.717) is 18.3 Å². The van der Waals surface area contributed by atoms with Crippen molar-refractivity contribution in [2.45, 2.75) is 49.8 Å². The van der Waals surface area contributed by atoms with E-state index in [0.717, 1.165) is 29.7 Å². The summed E-state index contributed by atoms with van der Waals surface area (Å²) in [7, 11) is -2.86. The number of amidine groups is 1. The largest absolute Gasteiger partial charge is 0.362 e.